The van der Waals surface area contributed by atoms with Gasteiger partial charge in [-0.2, -0.15) is 0 Å². The highest BCUT2D eigenvalue weighted by Gasteiger charge is 2.48. The summed E-state index contributed by atoms with van der Waals surface area (Å²) in [6.45, 7) is 0.230. The Morgan fingerprint density at radius 1 is 1.14 bits per heavy atom. The number of ether oxygens (including phenoxy) is 1. The van der Waals surface area contributed by atoms with Crippen LogP contribution in [0.1, 0.15) is 31.2 Å². The second-order valence-corrected chi connectivity index (χ2v) is 5.77. The van der Waals surface area contributed by atoms with E-state index < -0.39 is 11.9 Å². The van der Waals surface area contributed by atoms with E-state index >= 15 is 0 Å². The molecule has 0 radical (unpaired) electrons. The van der Waals surface area contributed by atoms with Crippen molar-refractivity contribution in [2.45, 2.75) is 44.4 Å². The van der Waals surface area contributed by atoms with Gasteiger partial charge in [-0.3, -0.25) is 4.79 Å². The molecule has 2 bridgehead atoms. The number of piperidine rings is 1. The third-order valence-corrected chi connectivity index (χ3v) is 4.55. The maximum absolute atomic E-state index is 12.3. The Morgan fingerprint density at radius 2 is 1.86 bits per heavy atom. The lowest BCUT2D eigenvalue weighted by atomic mass is 9.91. The number of carboxylic acid groups (broad SMARTS) is 1. The summed E-state index contributed by atoms with van der Waals surface area (Å²) in [5.74, 6) is -1.26. The van der Waals surface area contributed by atoms with Gasteiger partial charge in [0, 0.05) is 12.1 Å². The molecule has 0 aliphatic carbocycles. The van der Waals surface area contributed by atoms with E-state index in [0.717, 1.165) is 24.8 Å². The summed E-state index contributed by atoms with van der Waals surface area (Å²) in [7, 11) is 0. The predicted molar refractivity (Wildman–Crippen MR) is 75.6 cm³/mol. The van der Waals surface area contributed by atoms with Crippen molar-refractivity contribution in [3.63, 3.8) is 0 Å². The van der Waals surface area contributed by atoms with Gasteiger partial charge in [-0.15, -0.1) is 0 Å². The summed E-state index contributed by atoms with van der Waals surface area (Å²) >= 11 is 0. The molecule has 1 N–H and O–H groups in total. The maximum atomic E-state index is 12.3. The van der Waals surface area contributed by atoms with Crippen LogP contribution in [0.4, 0.5) is 4.79 Å². The van der Waals surface area contributed by atoms with Crippen molar-refractivity contribution in [3.05, 3.63) is 35.9 Å². The lowest BCUT2D eigenvalue weighted by Gasteiger charge is -2.37. The van der Waals surface area contributed by atoms with Crippen LogP contribution >= 0.6 is 0 Å². The van der Waals surface area contributed by atoms with Crippen molar-refractivity contribution in [2.24, 2.45) is 5.92 Å². The van der Waals surface area contributed by atoms with E-state index in [-0.39, 0.29) is 24.8 Å². The van der Waals surface area contributed by atoms with Crippen LogP contribution in [-0.2, 0) is 16.1 Å². The van der Waals surface area contributed by atoms with Crippen molar-refractivity contribution in [1.82, 2.24) is 4.90 Å². The van der Waals surface area contributed by atoms with Gasteiger partial charge in [0.1, 0.15) is 6.61 Å². The molecule has 1 aromatic rings. The fourth-order valence-corrected chi connectivity index (χ4v) is 3.52. The number of hydrogen-bond donors (Lipinski definition) is 1. The zero-order chi connectivity index (χ0) is 14.8. The topological polar surface area (TPSA) is 66.8 Å². The molecule has 1 amide bonds. The first-order chi connectivity index (χ1) is 10.2. The van der Waals surface area contributed by atoms with Gasteiger partial charge in [-0.1, -0.05) is 30.3 Å². The van der Waals surface area contributed by atoms with E-state index in [9.17, 15) is 14.7 Å². The Balaban J connectivity index is 1.65. The highest BCUT2D eigenvalue weighted by molar-refractivity contribution is 5.75. The first-order valence-corrected chi connectivity index (χ1v) is 7.38. The minimum Gasteiger partial charge on any atom is -0.481 e. The quantitative estimate of drug-likeness (QED) is 0.929. The Hall–Kier alpha value is -2.04. The standard InChI is InChI=1S/C16H19NO4/c18-15(19)13-8-6-12-7-9-14(13)17(12)16(20)21-10-11-4-2-1-3-5-11/h1-5,12-14H,6-10H2,(H,18,19). The highest BCUT2D eigenvalue weighted by atomic mass is 16.6. The van der Waals surface area contributed by atoms with Gasteiger partial charge in [0.25, 0.3) is 0 Å². The highest BCUT2D eigenvalue weighted by Crippen LogP contribution is 2.39. The smallest absolute Gasteiger partial charge is 0.410 e. The summed E-state index contributed by atoms with van der Waals surface area (Å²) in [5.41, 5.74) is 0.935. The molecule has 1 aromatic carbocycles. The van der Waals surface area contributed by atoms with Gasteiger partial charge < -0.3 is 14.7 Å². The molecule has 2 saturated heterocycles. The zero-order valence-electron chi connectivity index (χ0n) is 11.8. The molecule has 5 heteroatoms. The van der Waals surface area contributed by atoms with Crippen LogP contribution in [0.15, 0.2) is 30.3 Å². The molecule has 0 saturated carbocycles. The van der Waals surface area contributed by atoms with Crippen LogP contribution in [-0.4, -0.2) is 34.2 Å². The van der Waals surface area contributed by atoms with Crippen LogP contribution < -0.4 is 0 Å². The number of fused-ring (bicyclic) bond motifs is 2. The SMILES string of the molecule is O=C(O)C1CCC2CCC1N2C(=O)OCc1ccccc1. The van der Waals surface area contributed by atoms with Gasteiger partial charge >= 0.3 is 12.1 Å². The molecule has 21 heavy (non-hydrogen) atoms. The number of carbonyl (C=O) groups is 2. The minimum atomic E-state index is -0.804. The zero-order valence-corrected chi connectivity index (χ0v) is 11.8. The molecule has 2 fully saturated rings. The van der Waals surface area contributed by atoms with Crippen LogP contribution in [0.3, 0.4) is 0 Å². The first kappa shape index (κ1) is 13.9. The van der Waals surface area contributed by atoms with Gasteiger partial charge in [0.15, 0.2) is 0 Å². The molecule has 3 atom stereocenters. The van der Waals surface area contributed by atoms with Crippen LogP contribution in [0.5, 0.6) is 0 Å². The molecular formula is C16H19NO4. The second kappa shape index (κ2) is 5.76. The average Bonchev–Trinajstić information content (AvgIpc) is 2.78. The lowest BCUT2D eigenvalue weighted by molar-refractivity contribution is -0.145. The van der Waals surface area contributed by atoms with Crippen molar-refractivity contribution in [1.29, 1.82) is 0 Å². The second-order valence-electron chi connectivity index (χ2n) is 5.77. The van der Waals surface area contributed by atoms with Gasteiger partial charge in [0.05, 0.1) is 5.92 Å². The van der Waals surface area contributed by atoms with E-state index in [0.29, 0.717) is 6.42 Å². The molecule has 2 aliphatic heterocycles. The number of nitrogens with zero attached hydrogens (tertiary/aromatic N) is 1. The maximum Gasteiger partial charge on any atom is 0.410 e. The number of benzene rings is 1. The molecule has 3 rings (SSSR count). The van der Waals surface area contributed by atoms with E-state index in [1.54, 1.807) is 4.90 Å². The molecule has 0 spiro atoms. The fraction of sp³-hybridized carbons (Fsp3) is 0.500. The molecule has 112 valence electrons. The first-order valence-electron chi connectivity index (χ1n) is 7.38. The van der Waals surface area contributed by atoms with Gasteiger partial charge in [-0.05, 0) is 31.2 Å². The van der Waals surface area contributed by atoms with Crippen LogP contribution in [0, 0.1) is 5.92 Å². The average molecular weight is 289 g/mol. The summed E-state index contributed by atoms with van der Waals surface area (Å²) in [6.07, 6.45) is 2.69. The van der Waals surface area contributed by atoms with E-state index in [1.165, 1.54) is 0 Å². The molecular weight excluding hydrogens is 270 g/mol. The Kier molecular flexibility index (Phi) is 3.82. The lowest BCUT2D eigenvalue weighted by Crippen LogP contribution is -2.50. The number of amides is 1. The van der Waals surface area contributed by atoms with E-state index in [2.05, 4.69) is 0 Å². The molecule has 2 aliphatic rings. The van der Waals surface area contributed by atoms with Crippen molar-refractivity contribution >= 4 is 12.1 Å². The normalized spacial score (nSPS) is 27.4. The van der Waals surface area contributed by atoms with Crippen LogP contribution in [0.2, 0.25) is 0 Å². The Bertz CT molecular complexity index is 530. The molecule has 0 aromatic heterocycles. The number of hydrogen-bond acceptors (Lipinski definition) is 3. The number of rotatable bonds is 3. The number of carbonyl (C=O) groups excluding carboxylic acids is 1. The van der Waals surface area contributed by atoms with Gasteiger partial charge in [0.2, 0.25) is 0 Å². The molecule has 3 unspecified atom stereocenters. The third-order valence-electron chi connectivity index (χ3n) is 4.55. The van der Waals surface area contributed by atoms with Gasteiger partial charge in [-0.25, -0.2) is 4.79 Å². The van der Waals surface area contributed by atoms with Crippen molar-refractivity contribution in [2.75, 3.05) is 0 Å². The Morgan fingerprint density at radius 3 is 2.57 bits per heavy atom. The third kappa shape index (κ3) is 2.73. The largest absolute Gasteiger partial charge is 0.481 e. The monoisotopic (exact) mass is 289 g/mol. The summed E-state index contributed by atoms with van der Waals surface area (Å²) < 4.78 is 5.37. The minimum absolute atomic E-state index is 0.147. The fourth-order valence-electron chi connectivity index (χ4n) is 3.52. The van der Waals surface area contributed by atoms with E-state index in [4.69, 9.17) is 4.74 Å². The summed E-state index contributed by atoms with van der Waals surface area (Å²) in [4.78, 5) is 25.3. The summed E-state index contributed by atoms with van der Waals surface area (Å²) in [5, 5.41) is 9.29. The summed E-state index contributed by atoms with van der Waals surface area (Å²) in [6, 6.07) is 9.45. The van der Waals surface area contributed by atoms with Crippen LogP contribution in [0.25, 0.3) is 0 Å². The molecule has 2 heterocycles. The Labute approximate surface area is 123 Å². The van der Waals surface area contributed by atoms with Crippen molar-refractivity contribution < 1.29 is 19.4 Å². The van der Waals surface area contributed by atoms with Crippen molar-refractivity contribution in [3.8, 4) is 0 Å². The molecule has 5 nitrogen and oxygen atoms in total. The van der Waals surface area contributed by atoms with E-state index in [1.807, 2.05) is 30.3 Å². The number of carboxylic acids is 1. The predicted octanol–water partition coefficient (Wildman–Crippen LogP) is 2.65. The number of aliphatic carboxylic acids is 1.